The van der Waals surface area contributed by atoms with Gasteiger partial charge in [0.2, 0.25) is 0 Å². The molecule has 1 fully saturated rings. The maximum atomic E-state index is 10.8. The van der Waals surface area contributed by atoms with Crippen LogP contribution in [-0.4, -0.2) is 26.4 Å². The second-order valence-electron chi connectivity index (χ2n) is 5.51. The smallest absolute Gasteiger partial charge is 0.313 e. The van der Waals surface area contributed by atoms with Crippen LogP contribution in [-0.2, 0) is 11.3 Å². The van der Waals surface area contributed by atoms with E-state index in [-0.39, 0.29) is 5.75 Å². The summed E-state index contributed by atoms with van der Waals surface area (Å²) in [5, 5.41) is 9.70. The van der Waals surface area contributed by atoms with Gasteiger partial charge in [-0.2, -0.15) is 0 Å². The van der Waals surface area contributed by atoms with Gasteiger partial charge in [-0.15, -0.1) is 0 Å². The van der Waals surface area contributed by atoms with Crippen LogP contribution in [0.1, 0.15) is 26.2 Å². The van der Waals surface area contributed by atoms with Crippen LogP contribution >= 0.6 is 11.8 Å². The molecule has 106 valence electrons. The molecular weight excluding hydrogens is 272 g/mol. The van der Waals surface area contributed by atoms with Gasteiger partial charge >= 0.3 is 5.97 Å². The van der Waals surface area contributed by atoms with Crippen LogP contribution < -0.4 is 0 Å². The summed E-state index contributed by atoms with van der Waals surface area (Å²) in [5.41, 5.74) is 2.47. The highest BCUT2D eigenvalue weighted by atomic mass is 32.2. The van der Waals surface area contributed by atoms with E-state index in [2.05, 4.69) is 22.5 Å². The molecule has 1 saturated carbocycles. The van der Waals surface area contributed by atoms with E-state index in [1.54, 1.807) is 0 Å². The molecule has 5 heteroatoms. The highest BCUT2D eigenvalue weighted by Gasteiger charge is 2.41. The van der Waals surface area contributed by atoms with E-state index >= 15 is 0 Å². The molecule has 3 rings (SSSR count). The molecule has 0 amide bonds. The fraction of sp³-hybridized carbons (Fsp3) is 0.467. The van der Waals surface area contributed by atoms with Gasteiger partial charge in [0.1, 0.15) is 0 Å². The number of nitrogens with zero attached hydrogens (tertiary/aromatic N) is 2. The molecule has 0 bridgehead atoms. The molecule has 1 aliphatic rings. The fourth-order valence-electron chi connectivity index (χ4n) is 2.58. The van der Waals surface area contributed by atoms with Gasteiger partial charge in [0.05, 0.1) is 16.8 Å². The molecular formula is C15H18N2O2S. The van der Waals surface area contributed by atoms with Gasteiger partial charge < -0.3 is 9.67 Å². The van der Waals surface area contributed by atoms with Crippen molar-refractivity contribution >= 4 is 28.8 Å². The topological polar surface area (TPSA) is 55.1 Å². The maximum absolute atomic E-state index is 10.8. The molecule has 1 aliphatic carbocycles. The van der Waals surface area contributed by atoms with Crippen molar-refractivity contribution in [3.05, 3.63) is 24.3 Å². The third kappa shape index (κ3) is 2.54. The zero-order chi connectivity index (χ0) is 14.2. The number of para-hydroxylation sites is 2. The molecule has 1 aromatic carbocycles. The van der Waals surface area contributed by atoms with Crippen molar-refractivity contribution in [2.45, 2.75) is 37.9 Å². The monoisotopic (exact) mass is 290 g/mol. The van der Waals surface area contributed by atoms with Crippen molar-refractivity contribution in [1.29, 1.82) is 0 Å². The van der Waals surface area contributed by atoms with Crippen LogP contribution in [0, 0.1) is 5.41 Å². The molecule has 20 heavy (non-hydrogen) atoms. The Morgan fingerprint density at radius 3 is 2.85 bits per heavy atom. The Balaban J connectivity index is 1.97. The summed E-state index contributed by atoms with van der Waals surface area (Å²) in [6.45, 7) is 3.18. The summed E-state index contributed by atoms with van der Waals surface area (Å²) < 4.78 is 2.21. The molecule has 1 N–H and O–H groups in total. The molecule has 1 aromatic heterocycles. The van der Waals surface area contributed by atoms with E-state index in [1.807, 2.05) is 18.2 Å². The standard InChI is InChI=1S/C15H18N2O2S/c1-2-15(7-8-15)10-17-12-6-4-3-5-11(12)16-14(17)20-9-13(18)19/h3-6H,2,7-10H2,1H3,(H,18,19). The van der Waals surface area contributed by atoms with Crippen molar-refractivity contribution in [3.63, 3.8) is 0 Å². The molecule has 0 spiro atoms. The summed E-state index contributed by atoms with van der Waals surface area (Å²) in [4.78, 5) is 15.4. The SMILES string of the molecule is CCC1(Cn2c(SCC(=O)O)nc3ccccc32)CC1. The lowest BCUT2D eigenvalue weighted by molar-refractivity contribution is -0.133. The van der Waals surface area contributed by atoms with Crippen LogP contribution in [0.15, 0.2) is 29.4 Å². The lowest BCUT2D eigenvalue weighted by atomic mass is 10.0. The van der Waals surface area contributed by atoms with Gasteiger partial charge in [-0.25, -0.2) is 4.98 Å². The number of carboxylic acids is 1. The molecule has 0 unspecified atom stereocenters. The van der Waals surface area contributed by atoms with Crippen molar-refractivity contribution in [1.82, 2.24) is 9.55 Å². The van der Waals surface area contributed by atoms with Gasteiger partial charge in [0, 0.05) is 6.54 Å². The largest absolute Gasteiger partial charge is 0.481 e. The van der Waals surface area contributed by atoms with E-state index in [0.717, 1.165) is 22.7 Å². The number of carbonyl (C=O) groups is 1. The van der Waals surface area contributed by atoms with Crippen molar-refractivity contribution in [3.8, 4) is 0 Å². The lowest BCUT2D eigenvalue weighted by Crippen LogP contribution is -2.12. The first kappa shape index (κ1) is 13.5. The van der Waals surface area contributed by atoms with Crippen LogP contribution in [0.5, 0.6) is 0 Å². The average Bonchev–Trinajstić information content (AvgIpc) is 3.14. The first-order chi connectivity index (χ1) is 9.63. The number of thioether (sulfide) groups is 1. The zero-order valence-electron chi connectivity index (χ0n) is 11.5. The molecule has 1 heterocycles. The Morgan fingerprint density at radius 1 is 1.45 bits per heavy atom. The Morgan fingerprint density at radius 2 is 2.20 bits per heavy atom. The van der Waals surface area contributed by atoms with Gasteiger partial charge in [-0.1, -0.05) is 30.8 Å². The van der Waals surface area contributed by atoms with E-state index in [4.69, 9.17) is 5.11 Å². The first-order valence-electron chi connectivity index (χ1n) is 6.93. The summed E-state index contributed by atoms with van der Waals surface area (Å²) in [7, 11) is 0. The minimum Gasteiger partial charge on any atom is -0.481 e. The maximum Gasteiger partial charge on any atom is 0.313 e. The van der Waals surface area contributed by atoms with Crippen LogP contribution in [0.25, 0.3) is 11.0 Å². The van der Waals surface area contributed by atoms with Crippen LogP contribution in [0.2, 0.25) is 0 Å². The van der Waals surface area contributed by atoms with Gasteiger partial charge in [-0.3, -0.25) is 4.79 Å². The van der Waals surface area contributed by atoms with E-state index < -0.39 is 5.97 Å². The third-order valence-electron chi connectivity index (χ3n) is 4.14. The summed E-state index contributed by atoms with van der Waals surface area (Å²) >= 11 is 1.31. The number of rotatable bonds is 6. The molecule has 0 atom stereocenters. The predicted molar refractivity (Wildman–Crippen MR) is 80.1 cm³/mol. The van der Waals surface area contributed by atoms with E-state index in [1.165, 1.54) is 31.0 Å². The van der Waals surface area contributed by atoms with Gasteiger partial charge in [0.25, 0.3) is 0 Å². The summed E-state index contributed by atoms with van der Waals surface area (Å²) in [5.74, 6) is -0.743. The molecule has 2 aromatic rings. The van der Waals surface area contributed by atoms with Crippen LogP contribution in [0.3, 0.4) is 0 Å². The quantitative estimate of drug-likeness (QED) is 0.828. The predicted octanol–water partition coefficient (Wildman–Crippen LogP) is 3.40. The van der Waals surface area contributed by atoms with Gasteiger partial charge in [0.15, 0.2) is 5.16 Å². The van der Waals surface area contributed by atoms with Crippen molar-refractivity contribution in [2.24, 2.45) is 5.41 Å². The number of benzene rings is 1. The minimum absolute atomic E-state index is 0.0580. The Kier molecular flexibility index (Phi) is 3.46. The Labute approximate surface area is 122 Å². The average molecular weight is 290 g/mol. The number of fused-ring (bicyclic) bond motifs is 1. The summed E-state index contributed by atoms with van der Waals surface area (Å²) in [6.07, 6.45) is 3.70. The second kappa shape index (κ2) is 5.13. The number of aliphatic carboxylic acids is 1. The van der Waals surface area contributed by atoms with Crippen molar-refractivity contribution < 1.29 is 9.90 Å². The Bertz CT molecular complexity index is 646. The van der Waals surface area contributed by atoms with E-state index in [0.29, 0.717) is 5.41 Å². The molecule has 0 radical (unpaired) electrons. The molecule has 0 aliphatic heterocycles. The van der Waals surface area contributed by atoms with Crippen molar-refractivity contribution in [2.75, 3.05) is 5.75 Å². The highest BCUT2D eigenvalue weighted by Crippen LogP contribution is 2.50. The molecule has 0 saturated heterocycles. The summed E-state index contributed by atoms with van der Waals surface area (Å²) in [6, 6.07) is 8.04. The third-order valence-corrected chi connectivity index (χ3v) is 5.11. The number of aromatic nitrogens is 2. The fourth-order valence-corrected chi connectivity index (χ4v) is 3.31. The highest BCUT2D eigenvalue weighted by molar-refractivity contribution is 7.99. The lowest BCUT2D eigenvalue weighted by Gasteiger charge is -2.16. The number of imidazole rings is 1. The second-order valence-corrected chi connectivity index (χ2v) is 6.45. The Hall–Kier alpha value is -1.49. The first-order valence-corrected chi connectivity index (χ1v) is 7.92. The number of hydrogen-bond acceptors (Lipinski definition) is 3. The number of carboxylic acid groups (broad SMARTS) is 1. The van der Waals surface area contributed by atoms with Crippen LogP contribution in [0.4, 0.5) is 0 Å². The normalized spacial score (nSPS) is 16.4. The van der Waals surface area contributed by atoms with Gasteiger partial charge in [-0.05, 0) is 36.8 Å². The molecule has 4 nitrogen and oxygen atoms in total. The van der Waals surface area contributed by atoms with E-state index in [9.17, 15) is 4.79 Å². The number of hydrogen-bond donors (Lipinski definition) is 1. The zero-order valence-corrected chi connectivity index (χ0v) is 12.3. The minimum atomic E-state index is -0.801.